The first-order valence-corrected chi connectivity index (χ1v) is 7.82. The number of nitrogens with zero attached hydrogens (tertiary/aromatic N) is 2. The van der Waals surface area contributed by atoms with Gasteiger partial charge in [0.05, 0.1) is 5.56 Å². The van der Waals surface area contributed by atoms with E-state index in [-0.39, 0.29) is 5.91 Å². The smallest absolute Gasteiger partial charge is 0.259 e. The van der Waals surface area contributed by atoms with Gasteiger partial charge in [0, 0.05) is 25.0 Å². The fraction of sp³-hybridized carbons (Fsp3) is 0.333. The summed E-state index contributed by atoms with van der Waals surface area (Å²) in [5.74, 6) is 0.701. The van der Waals surface area contributed by atoms with Gasteiger partial charge in [0.25, 0.3) is 5.91 Å². The van der Waals surface area contributed by atoms with Gasteiger partial charge in [0.2, 0.25) is 0 Å². The molecule has 0 unspecified atom stereocenters. The predicted octanol–water partition coefficient (Wildman–Crippen LogP) is 3.63. The highest BCUT2D eigenvalue weighted by atomic mass is 16.1. The summed E-state index contributed by atoms with van der Waals surface area (Å²) in [6.45, 7) is 3.96. The lowest BCUT2D eigenvalue weighted by Crippen LogP contribution is -2.32. The Morgan fingerprint density at radius 1 is 1.14 bits per heavy atom. The molecule has 4 heteroatoms. The fourth-order valence-corrected chi connectivity index (χ4v) is 2.85. The number of piperidine rings is 1. The van der Waals surface area contributed by atoms with Crippen LogP contribution in [0.25, 0.3) is 0 Å². The van der Waals surface area contributed by atoms with Crippen LogP contribution in [0.2, 0.25) is 0 Å². The Morgan fingerprint density at radius 2 is 1.95 bits per heavy atom. The second-order valence-corrected chi connectivity index (χ2v) is 5.75. The number of nitrogens with one attached hydrogen (secondary N) is 1. The zero-order chi connectivity index (χ0) is 15.4. The number of aromatic nitrogens is 1. The molecule has 1 aromatic carbocycles. The lowest BCUT2D eigenvalue weighted by molar-refractivity contribution is 0.102. The Morgan fingerprint density at radius 3 is 2.73 bits per heavy atom. The Hall–Kier alpha value is -2.36. The van der Waals surface area contributed by atoms with Gasteiger partial charge in [0.15, 0.2) is 0 Å². The van der Waals surface area contributed by atoms with Crippen LogP contribution in [0.15, 0.2) is 42.6 Å². The van der Waals surface area contributed by atoms with E-state index < -0.39 is 0 Å². The number of hydrogen-bond donors (Lipinski definition) is 1. The highest BCUT2D eigenvalue weighted by molar-refractivity contribution is 6.07. The molecular formula is C18H21N3O. The van der Waals surface area contributed by atoms with E-state index in [1.54, 1.807) is 6.20 Å². The summed E-state index contributed by atoms with van der Waals surface area (Å²) in [6, 6.07) is 11.5. The zero-order valence-electron chi connectivity index (χ0n) is 12.9. The SMILES string of the molecule is Cc1cccc(NC(=O)c2cccnc2N2CCCCC2)c1. The number of rotatable bonds is 3. The van der Waals surface area contributed by atoms with Crippen LogP contribution >= 0.6 is 0 Å². The number of anilines is 2. The minimum Gasteiger partial charge on any atom is -0.356 e. The second kappa shape index (κ2) is 6.60. The molecule has 0 radical (unpaired) electrons. The molecule has 0 saturated carbocycles. The van der Waals surface area contributed by atoms with Gasteiger partial charge in [-0.3, -0.25) is 4.79 Å². The third kappa shape index (κ3) is 3.27. The lowest BCUT2D eigenvalue weighted by atomic mass is 10.1. The van der Waals surface area contributed by atoms with Gasteiger partial charge in [-0.2, -0.15) is 0 Å². The highest BCUT2D eigenvalue weighted by Crippen LogP contribution is 2.22. The van der Waals surface area contributed by atoms with Gasteiger partial charge in [-0.15, -0.1) is 0 Å². The molecule has 1 fully saturated rings. The van der Waals surface area contributed by atoms with Crippen molar-refractivity contribution in [2.24, 2.45) is 0 Å². The van der Waals surface area contributed by atoms with Crippen molar-refractivity contribution < 1.29 is 4.79 Å². The molecule has 3 rings (SSSR count). The summed E-state index contributed by atoms with van der Waals surface area (Å²) in [7, 11) is 0. The molecule has 1 aromatic heterocycles. The van der Waals surface area contributed by atoms with Gasteiger partial charge in [0.1, 0.15) is 5.82 Å². The van der Waals surface area contributed by atoms with Crippen molar-refractivity contribution in [1.82, 2.24) is 4.98 Å². The maximum Gasteiger partial charge on any atom is 0.259 e. The molecule has 4 nitrogen and oxygen atoms in total. The standard InChI is InChI=1S/C18H21N3O/c1-14-7-5-8-15(13-14)20-18(22)16-9-6-10-19-17(16)21-11-3-2-4-12-21/h5-10,13H,2-4,11-12H2,1H3,(H,20,22). The molecular weight excluding hydrogens is 274 g/mol. The van der Waals surface area contributed by atoms with Crippen molar-refractivity contribution in [2.45, 2.75) is 26.2 Å². The molecule has 0 atom stereocenters. The minimum absolute atomic E-state index is 0.0979. The summed E-state index contributed by atoms with van der Waals surface area (Å²) < 4.78 is 0. The molecule has 1 aliphatic rings. The zero-order valence-corrected chi connectivity index (χ0v) is 12.9. The summed E-state index contributed by atoms with van der Waals surface area (Å²) >= 11 is 0. The normalized spacial score (nSPS) is 14.7. The maximum atomic E-state index is 12.6. The number of carbonyl (C=O) groups excluding carboxylic acids is 1. The maximum absolute atomic E-state index is 12.6. The van der Waals surface area contributed by atoms with Gasteiger partial charge in [-0.05, 0) is 56.0 Å². The molecule has 1 amide bonds. The van der Waals surface area contributed by atoms with Crippen molar-refractivity contribution in [1.29, 1.82) is 0 Å². The van der Waals surface area contributed by atoms with E-state index in [9.17, 15) is 4.79 Å². The van der Waals surface area contributed by atoms with Gasteiger partial charge < -0.3 is 10.2 Å². The van der Waals surface area contributed by atoms with Crippen LogP contribution in [-0.4, -0.2) is 24.0 Å². The Kier molecular flexibility index (Phi) is 4.37. The molecule has 2 heterocycles. The van der Waals surface area contributed by atoms with Crippen LogP contribution < -0.4 is 10.2 Å². The third-order valence-corrected chi connectivity index (χ3v) is 3.96. The molecule has 1 N–H and O–H groups in total. The average molecular weight is 295 g/mol. The number of amides is 1. The number of carbonyl (C=O) groups is 1. The molecule has 0 spiro atoms. The third-order valence-electron chi connectivity index (χ3n) is 3.96. The molecule has 1 aliphatic heterocycles. The topological polar surface area (TPSA) is 45.2 Å². The van der Waals surface area contributed by atoms with Crippen LogP contribution in [0.3, 0.4) is 0 Å². The van der Waals surface area contributed by atoms with Crippen molar-refractivity contribution in [2.75, 3.05) is 23.3 Å². The number of pyridine rings is 1. The Balaban J connectivity index is 1.83. The highest BCUT2D eigenvalue weighted by Gasteiger charge is 2.19. The molecule has 2 aromatic rings. The van der Waals surface area contributed by atoms with E-state index in [1.807, 2.05) is 43.3 Å². The van der Waals surface area contributed by atoms with E-state index in [0.29, 0.717) is 5.56 Å². The van der Waals surface area contributed by atoms with Crippen LogP contribution in [-0.2, 0) is 0 Å². The van der Waals surface area contributed by atoms with E-state index in [1.165, 1.54) is 6.42 Å². The molecule has 22 heavy (non-hydrogen) atoms. The van der Waals surface area contributed by atoms with Crippen molar-refractivity contribution in [3.8, 4) is 0 Å². The van der Waals surface area contributed by atoms with E-state index in [4.69, 9.17) is 0 Å². The second-order valence-electron chi connectivity index (χ2n) is 5.75. The van der Waals surface area contributed by atoms with Crippen molar-refractivity contribution in [3.63, 3.8) is 0 Å². The summed E-state index contributed by atoms with van der Waals surface area (Å²) in [5, 5.41) is 2.97. The average Bonchev–Trinajstić information content (AvgIpc) is 2.56. The summed E-state index contributed by atoms with van der Waals surface area (Å²) in [5.41, 5.74) is 2.59. The predicted molar refractivity (Wildman–Crippen MR) is 89.4 cm³/mol. The van der Waals surface area contributed by atoms with Crippen LogP contribution in [0.5, 0.6) is 0 Å². The van der Waals surface area contributed by atoms with Crippen molar-refractivity contribution >= 4 is 17.4 Å². The molecule has 1 saturated heterocycles. The Labute approximate surface area is 131 Å². The summed E-state index contributed by atoms with van der Waals surface area (Å²) in [6.07, 6.45) is 5.34. The minimum atomic E-state index is -0.0979. The monoisotopic (exact) mass is 295 g/mol. The van der Waals surface area contributed by atoms with Crippen LogP contribution in [0.1, 0.15) is 35.2 Å². The lowest BCUT2D eigenvalue weighted by Gasteiger charge is -2.29. The molecule has 114 valence electrons. The number of hydrogen-bond acceptors (Lipinski definition) is 3. The fourth-order valence-electron chi connectivity index (χ4n) is 2.85. The van der Waals surface area contributed by atoms with Crippen molar-refractivity contribution in [3.05, 3.63) is 53.7 Å². The summed E-state index contributed by atoms with van der Waals surface area (Å²) in [4.78, 5) is 19.3. The van der Waals surface area contributed by atoms with E-state index >= 15 is 0 Å². The first-order valence-electron chi connectivity index (χ1n) is 7.82. The Bertz CT molecular complexity index is 663. The first-order chi connectivity index (χ1) is 10.7. The number of benzene rings is 1. The molecule has 0 bridgehead atoms. The van der Waals surface area contributed by atoms with Gasteiger partial charge in [-0.25, -0.2) is 4.98 Å². The van der Waals surface area contributed by atoms with Gasteiger partial charge >= 0.3 is 0 Å². The van der Waals surface area contributed by atoms with E-state index in [0.717, 1.165) is 43.0 Å². The van der Waals surface area contributed by atoms with Gasteiger partial charge in [-0.1, -0.05) is 12.1 Å². The quantitative estimate of drug-likeness (QED) is 0.940. The number of aryl methyl sites for hydroxylation is 1. The van der Waals surface area contributed by atoms with E-state index in [2.05, 4.69) is 15.2 Å². The molecule has 0 aliphatic carbocycles. The van der Waals surface area contributed by atoms with Crippen LogP contribution in [0, 0.1) is 6.92 Å². The van der Waals surface area contributed by atoms with Crippen LogP contribution in [0.4, 0.5) is 11.5 Å². The largest absolute Gasteiger partial charge is 0.356 e. The first kappa shape index (κ1) is 14.6.